The van der Waals surface area contributed by atoms with Gasteiger partial charge in [-0.25, -0.2) is 4.39 Å². The number of hydrogen-bond donors (Lipinski definition) is 1. The first kappa shape index (κ1) is 17.8. The van der Waals surface area contributed by atoms with Crippen molar-refractivity contribution in [1.29, 1.82) is 0 Å². The molecular weight excluding hydrogens is 373 g/mol. The average molecular weight is 396 g/mol. The number of fused-ring (bicyclic) bond motifs is 2. The quantitative estimate of drug-likeness (QED) is 0.712. The van der Waals surface area contributed by atoms with Crippen molar-refractivity contribution in [3.8, 4) is 11.1 Å². The van der Waals surface area contributed by atoms with Gasteiger partial charge in [-0.1, -0.05) is 37.1 Å². The molecule has 28 heavy (non-hydrogen) atoms. The molecule has 6 heteroatoms. The van der Waals surface area contributed by atoms with Gasteiger partial charge in [0, 0.05) is 18.0 Å². The SMILES string of the molecule is O=C(N[C@@H]1CN2CCCCCC12)c1nsc2cc(-c3ccc(F)cc3)ccc12. The summed E-state index contributed by atoms with van der Waals surface area (Å²) in [6.07, 6.45) is 4.98. The number of amides is 1. The van der Waals surface area contributed by atoms with E-state index in [-0.39, 0.29) is 17.8 Å². The van der Waals surface area contributed by atoms with Gasteiger partial charge < -0.3 is 5.32 Å². The summed E-state index contributed by atoms with van der Waals surface area (Å²) in [6.45, 7) is 2.11. The Morgan fingerprint density at radius 2 is 1.93 bits per heavy atom. The molecule has 1 unspecified atom stereocenters. The first-order valence-electron chi connectivity index (χ1n) is 9.89. The summed E-state index contributed by atoms with van der Waals surface area (Å²) in [5, 5.41) is 4.09. The third-order valence-electron chi connectivity index (χ3n) is 5.99. The van der Waals surface area contributed by atoms with Crippen molar-refractivity contribution < 1.29 is 9.18 Å². The summed E-state index contributed by atoms with van der Waals surface area (Å²) in [7, 11) is 0. The Morgan fingerprint density at radius 3 is 2.79 bits per heavy atom. The molecule has 0 spiro atoms. The van der Waals surface area contributed by atoms with Crippen LogP contribution in [0.15, 0.2) is 42.5 Å². The number of carbonyl (C=O) groups is 1. The van der Waals surface area contributed by atoms with E-state index in [4.69, 9.17) is 0 Å². The van der Waals surface area contributed by atoms with Gasteiger partial charge in [0.05, 0.1) is 10.7 Å². The van der Waals surface area contributed by atoms with Crippen molar-refractivity contribution in [2.24, 2.45) is 0 Å². The molecule has 3 aromatic rings. The van der Waals surface area contributed by atoms with Crippen molar-refractivity contribution in [3.05, 3.63) is 54.0 Å². The zero-order valence-corrected chi connectivity index (χ0v) is 16.3. The summed E-state index contributed by atoms with van der Waals surface area (Å²) in [5.41, 5.74) is 2.46. The molecule has 1 aromatic heterocycles. The fourth-order valence-corrected chi connectivity index (χ4v) is 5.23. The van der Waals surface area contributed by atoms with Crippen LogP contribution in [0.25, 0.3) is 21.2 Å². The van der Waals surface area contributed by atoms with E-state index < -0.39 is 0 Å². The molecule has 2 saturated heterocycles. The maximum Gasteiger partial charge on any atom is 0.271 e. The monoisotopic (exact) mass is 395 g/mol. The Bertz CT molecular complexity index is 1020. The minimum absolute atomic E-state index is 0.0744. The maximum absolute atomic E-state index is 13.2. The average Bonchev–Trinajstić information content (AvgIpc) is 3.03. The lowest BCUT2D eigenvalue weighted by molar-refractivity contribution is 0.0410. The Hall–Kier alpha value is -2.31. The number of aromatic nitrogens is 1. The van der Waals surface area contributed by atoms with Gasteiger partial charge in [-0.15, -0.1) is 0 Å². The Labute approximate surface area is 167 Å². The first-order chi connectivity index (χ1) is 13.7. The topological polar surface area (TPSA) is 45.2 Å². The normalized spacial score (nSPS) is 22.3. The molecule has 2 aromatic carbocycles. The minimum Gasteiger partial charge on any atom is -0.345 e. The molecule has 2 fully saturated rings. The fraction of sp³-hybridized carbons (Fsp3) is 0.364. The van der Waals surface area contributed by atoms with E-state index in [1.807, 2.05) is 18.2 Å². The second kappa shape index (κ2) is 7.26. The molecule has 0 aliphatic carbocycles. The lowest BCUT2D eigenvalue weighted by Gasteiger charge is -2.47. The summed E-state index contributed by atoms with van der Waals surface area (Å²) in [4.78, 5) is 15.3. The molecule has 2 atom stereocenters. The van der Waals surface area contributed by atoms with Gasteiger partial charge in [0.25, 0.3) is 5.91 Å². The van der Waals surface area contributed by atoms with E-state index in [9.17, 15) is 9.18 Å². The molecule has 0 radical (unpaired) electrons. The van der Waals surface area contributed by atoms with Crippen LogP contribution in [0.2, 0.25) is 0 Å². The summed E-state index contributed by atoms with van der Waals surface area (Å²) in [6, 6.07) is 13.1. The van der Waals surface area contributed by atoms with Gasteiger partial charge in [0.15, 0.2) is 0 Å². The van der Waals surface area contributed by atoms with Crippen molar-refractivity contribution in [2.45, 2.75) is 37.8 Å². The van der Waals surface area contributed by atoms with E-state index >= 15 is 0 Å². The lowest BCUT2D eigenvalue weighted by Crippen LogP contribution is -2.66. The van der Waals surface area contributed by atoms with Crippen LogP contribution in [-0.2, 0) is 0 Å². The molecule has 5 rings (SSSR count). The number of halogens is 1. The second-order valence-electron chi connectivity index (χ2n) is 7.74. The van der Waals surface area contributed by atoms with Crippen molar-refractivity contribution in [2.75, 3.05) is 13.1 Å². The van der Waals surface area contributed by atoms with Crippen LogP contribution in [0.1, 0.15) is 36.2 Å². The fourth-order valence-electron chi connectivity index (χ4n) is 4.41. The van der Waals surface area contributed by atoms with E-state index in [1.165, 1.54) is 49.3 Å². The van der Waals surface area contributed by atoms with Crippen molar-refractivity contribution in [3.63, 3.8) is 0 Å². The van der Waals surface area contributed by atoms with Gasteiger partial charge in [-0.3, -0.25) is 9.69 Å². The molecule has 2 aliphatic rings. The first-order valence-corrected chi connectivity index (χ1v) is 10.7. The molecule has 4 nitrogen and oxygen atoms in total. The maximum atomic E-state index is 13.2. The smallest absolute Gasteiger partial charge is 0.271 e. The predicted octanol–water partition coefficient (Wildman–Crippen LogP) is 4.46. The van der Waals surface area contributed by atoms with Crippen LogP contribution in [0.5, 0.6) is 0 Å². The van der Waals surface area contributed by atoms with E-state index in [0.717, 1.165) is 34.3 Å². The molecule has 2 aliphatic heterocycles. The van der Waals surface area contributed by atoms with E-state index in [0.29, 0.717) is 11.7 Å². The molecule has 144 valence electrons. The van der Waals surface area contributed by atoms with E-state index in [2.05, 4.69) is 14.6 Å². The predicted molar refractivity (Wildman–Crippen MR) is 110 cm³/mol. The highest BCUT2D eigenvalue weighted by Gasteiger charge is 2.40. The highest BCUT2D eigenvalue weighted by Crippen LogP contribution is 2.31. The van der Waals surface area contributed by atoms with Gasteiger partial charge in [-0.2, -0.15) is 4.37 Å². The van der Waals surface area contributed by atoms with Crippen LogP contribution >= 0.6 is 11.5 Å². The zero-order chi connectivity index (χ0) is 19.1. The van der Waals surface area contributed by atoms with Crippen LogP contribution in [-0.4, -0.2) is 40.4 Å². The van der Waals surface area contributed by atoms with Gasteiger partial charge in [0.2, 0.25) is 0 Å². The Morgan fingerprint density at radius 1 is 1.11 bits per heavy atom. The standard InChI is InChI=1S/C22H22FN3OS/c23-16-8-5-14(6-9-16)15-7-10-17-20(12-15)28-25-21(17)22(27)24-18-13-26-11-3-1-2-4-19(18)26/h5-10,12,18-19H,1-4,11,13H2,(H,24,27)/t18-,19?/m1/s1. The molecule has 1 amide bonds. The molecule has 0 bridgehead atoms. The van der Waals surface area contributed by atoms with Gasteiger partial charge >= 0.3 is 0 Å². The highest BCUT2D eigenvalue weighted by molar-refractivity contribution is 7.13. The lowest BCUT2D eigenvalue weighted by atomic mass is 9.93. The van der Waals surface area contributed by atoms with Crippen LogP contribution in [0, 0.1) is 5.82 Å². The summed E-state index contributed by atoms with van der Waals surface area (Å²) < 4.78 is 18.6. The molecule has 3 heterocycles. The number of carbonyl (C=O) groups excluding carboxylic acids is 1. The molecule has 1 N–H and O–H groups in total. The Kier molecular flexibility index (Phi) is 4.61. The Balaban J connectivity index is 1.34. The third kappa shape index (κ3) is 3.20. The van der Waals surface area contributed by atoms with Crippen LogP contribution in [0.4, 0.5) is 4.39 Å². The van der Waals surface area contributed by atoms with Crippen LogP contribution < -0.4 is 5.32 Å². The third-order valence-corrected chi connectivity index (χ3v) is 6.80. The number of benzene rings is 2. The second-order valence-corrected chi connectivity index (χ2v) is 8.55. The summed E-state index contributed by atoms with van der Waals surface area (Å²) in [5.74, 6) is -0.320. The van der Waals surface area contributed by atoms with Gasteiger partial charge in [0.1, 0.15) is 11.5 Å². The van der Waals surface area contributed by atoms with Crippen molar-refractivity contribution >= 4 is 27.5 Å². The number of nitrogens with one attached hydrogen (secondary N) is 1. The highest BCUT2D eigenvalue weighted by atomic mass is 32.1. The van der Waals surface area contributed by atoms with Gasteiger partial charge in [-0.05, 0) is 60.2 Å². The summed E-state index contributed by atoms with van der Waals surface area (Å²) >= 11 is 1.34. The van der Waals surface area contributed by atoms with Crippen molar-refractivity contribution in [1.82, 2.24) is 14.6 Å². The minimum atomic E-state index is -0.246. The molecule has 0 saturated carbocycles. The van der Waals surface area contributed by atoms with Crippen LogP contribution in [0.3, 0.4) is 0 Å². The number of hydrogen-bond acceptors (Lipinski definition) is 4. The number of nitrogens with zero attached hydrogens (tertiary/aromatic N) is 2. The molecular formula is C22H22FN3OS. The number of rotatable bonds is 3. The van der Waals surface area contributed by atoms with E-state index in [1.54, 1.807) is 12.1 Å². The zero-order valence-electron chi connectivity index (χ0n) is 15.5. The largest absolute Gasteiger partial charge is 0.345 e.